The Morgan fingerprint density at radius 3 is 0.765 bits per heavy atom. The van der Waals surface area contributed by atoms with E-state index in [2.05, 4.69) is 0 Å². The molecule has 0 heterocycles. The van der Waals surface area contributed by atoms with E-state index >= 15 is 0 Å². The van der Waals surface area contributed by atoms with Crippen LogP contribution in [0.5, 0.6) is 0 Å². The Balaban J connectivity index is -0.0000000369. The number of carbonyl (C=O) groups excluding carboxylic acids is 1. The van der Waals surface area contributed by atoms with Gasteiger partial charge in [-0.3, -0.25) is 0 Å². The summed E-state index contributed by atoms with van der Waals surface area (Å²) in [6, 6.07) is 0. The van der Waals surface area contributed by atoms with Gasteiger partial charge in [0.15, 0.2) is 0 Å². The van der Waals surface area contributed by atoms with Crippen LogP contribution >= 0.6 is 0 Å². The van der Waals surface area contributed by atoms with E-state index in [1.54, 1.807) is 0 Å². The van der Waals surface area contributed by atoms with Gasteiger partial charge in [-0.2, -0.15) is 0 Å². The third-order valence-corrected chi connectivity index (χ3v) is 0. The van der Waals surface area contributed by atoms with Crippen LogP contribution < -0.4 is 5.11 Å². The minimum absolute atomic E-state index is 0. The van der Waals surface area contributed by atoms with E-state index in [9.17, 15) is 0 Å². The first-order valence-corrected chi connectivity index (χ1v) is 2.55. The number of hydrogen-bond donors (Lipinski definition) is 0. The van der Waals surface area contributed by atoms with Gasteiger partial charge in [0.05, 0.1) is 15.3 Å². The van der Waals surface area contributed by atoms with Crippen molar-refractivity contribution in [2.75, 3.05) is 0 Å². The summed E-state index contributed by atoms with van der Waals surface area (Å²) in [5.74, 6) is -1.08. The molecule has 0 aromatic rings. The van der Waals surface area contributed by atoms with Gasteiger partial charge >= 0.3 is 0 Å². The summed E-state index contributed by atoms with van der Waals surface area (Å²) >= 11 is 0. The topological polar surface area (TPSA) is 239 Å². The van der Waals surface area contributed by atoms with Gasteiger partial charge in [-0.15, -0.1) is 0 Å². The van der Waals surface area contributed by atoms with Gasteiger partial charge in [0.25, 0.3) is 0 Å². The van der Waals surface area contributed by atoms with Crippen molar-refractivity contribution in [3.63, 3.8) is 0 Å². The molecule has 0 rings (SSSR count). The van der Waals surface area contributed by atoms with Crippen molar-refractivity contribution < 1.29 is 42.5 Å². The summed E-state index contributed by atoms with van der Waals surface area (Å²) in [5, 5.41) is 53.1. The van der Waals surface area contributed by atoms with Crippen LogP contribution in [0.3, 0.4) is 0 Å². The average molecular weight is 297 g/mol. The second-order valence-electron chi connectivity index (χ2n) is 1.16. The van der Waals surface area contributed by atoms with Gasteiger partial charge in [0, 0.05) is 23.3 Å². The Hall–Kier alpha value is -2.40. The predicted octanol–water partition coefficient (Wildman–Crippen LogP) is -1.96. The Bertz CT molecular complexity index is 165. The van der Waals surface area contributed by atoms with Crippen molar-refractivity contribution in [3.8, 4) is 0 Å². The summed E-state index contributed by atoms with van der Waals surface area (Å²) in [5.41, 5.74) is 0. The van der Waals surface area contributed by atoms with E-state index in [0.717, 1.165) is 6.92 Å². The smallest absolute Gasteiger partial charge is 0.0689 e. The van der Waals surface area contributed by atoms with Gasteiger partial charge in [-0.1, -0.05) is 0 Å². The molecule has 0 unspecified atom stereocenters. The molecular formula is C2H3CrN3O11-4. The standard InChI is InChI=1S/C2H4O2.Cr.3NO3/c1-2(3)4;;3*2-1(3)4/h1H3,(H,3,4);;;;/q;;3*-1/p-1. The van der Waals surface area contributed by atoms with Crippen LogP contribution in [0.4, 0.5) is 0 Å². The molecule has 0 amide bonds. The zero-order chi connectivity index (χ0) is 14.3. The van der Waals surface area contributed by atoms with E-state index in [0.29, 0.717) is 0 Å². The van der Waals surface area contributed by atoms with Crippen molar-refractivity contribution in [1.29, 1.82) is 0 Å². The summed E-state index contributed by atoms with van der Waals surface area (Å²) < 4.78 is 0. The van der Waals surface area contributed by atoms with Gasteiger partial charge in [-0.05, 0) is 6.92 Å². The molecule has 0 aromatic heterocycles. The average Bonchev–Trinajstić information content (AvgIpc) is 1.76. The quantitative estimate of drug-likeness (QED) is 0.350. The number of aliphatic carboxylic acids is 1. The van der Waals surface area contributed by atoms with Crippen molar-refractivity contribution in [3.05, 3.63) is 46.0 Å². The molecule has 15 heteroatoms. The van der Waals surface area contributed by atoms with E-state index < -0.39 is 21.2 Å². The Morgan fingerprint density at radius 1 is 0.765 bits per heavy atom. The summed E-state index contributed by atoms with van der Waals surface area (Å²) in [4.78, 5) is 33.6. The first-order valence-electron chi connectivity index (χ1n) is 2.55. The molecule has 17 heavy (non-hydrogen) atoms. The normalized spacial score (nSPS) is 5.71. The molecular weight excluding hydrogens is 294 g/mol. The zero-order valence-corrected chi connectivity index (χ0v) is 9.02. The van der Waals surface area contributed by atoms with Crippen molar-refractivity contribution in [2.45, 2.75) is 6.92 Å². The fraction of sp³-hybridized carbons (Fsp3) is 0.500. The summed E-state index contributed by atoms with van der Waals surface area (Å²) in [6.45, 7) is 0.972. The number of carbonyl (C=O) groups is 1. The Morgan fingerprint density at radius 2 is 0.765 bits per heavy atom. The first-order chi connectivity index (χ1) is 6.93. The minimum Gasteiger partial charge on any atom is -0.550 e. The second-order valence-corrected chi connectivity index (χ2v) is 1.16. The number of rotatable bonds is 0. The second kappa shape index (κ2) is 23.4. The molecule has 0 aliphatic carbocycles. The molecule has 14 nitrogen and oxygen atoms in total. The minimum atomic E-state index is -1.75. The molecule has 0 radical (unpaired) electrons. The van der Waals surface area contributed by atoms with Gasteiger partial charge in [0.1, 0.15) is 0 Å². The van der Waals surface area contributed by atoms with Gasteiger partial charge < -0.3 is 55.9 Å². The molecule has 102 valence electrons. The number of carboxylic acid groups (broad SMARTS) is 1. The largest absolute Gasteiger partial charge is 0.550 e. The van der Waals surface area contributed by atoms with E-state index in [-0.39, 0.29) is 17.4 Å². The van der Waals surface area contributed by atoms with Crippen LogP contribution in [-0.4, -0.2) is 21.2 Å². The molecule has 0 spiro atoms. The van der Waals surface area contributed by atoms with Crippen molar-refractivity contribution in [1.82, 2.24) is 0 Å². The molecule has 0 aliphatic rings. The van der Waals surface area contributed by atoms with Crippen LogP contribution in [-0.2, 0) is 22.2 Å². The van der Waals surface area contributed by atoms with Gasteiger partial charge in [-0.25, -0.2) is 0 Å². The third-order valence-electron chi connectivity index (χ3n) is 0. The fourth-order valence-corrected chi connectivity index (χ4v) is 0. The van der Waals surface area contributed by atoms with Crippen LogP contribution in [0, 0.1) is 46.0 Å². The maximum absolute atomic E-state index is 8.89. The molecule has 0 atom stereocenters. The molecule has 0 saturated carbocycles. The van der Waals surface area contributed by atoms with Crippen LogP contribution in [0.1, 0.15) is 6.92 Å². The monoisotopic (exact) mass is 297 g/mol. The van der Waals surface area contributed by atoms with Crippen LogP contribution in [0.2, 0.25) is 0 Å². The Labute approximate surface area is 102 Å². The molecule has 0 fully saturated rings. The third kappa shape index (κ3) is 319. The molecule has 0 aliphatic heterocycles. The molecule has 0 bridgehead atoms. The van der Waals surface area contributed by atoms with Crippen LogP contribution in [0.15, 0.2) is 0 Å². The van der Waals surface area contributed by atoms with Crippen LogP contribution in [0.25, 0.3) is 0 Å². The van der Waals surface area contributed by atoms with Crippen molar-refractivity contribution >= 4 is 5.97 Å². The Kier molecular flexibility index (Phi) is 40.4. The van der Waals surface area contributed by atoms with E-state index in [1.807, 2.05) is 0 Å². The van der Waals surface area contributed by atoms with E-state index in [4.69, 9.17) is 55.9 Å². The SMILES string of the molecule is CC(=O)[O-].O=[N+]([O-])[O-].O=[N+]([O-])[O-].O=[N+]([O-])[O-].[Cr]. The maximum atomic E-state index is 8.89. The number of carboxylic acids is 1. The maximum Gasteiger partial charge on any atom is 0.0689 e. The fourth-order valence-electron chi connectivity index (χ4n) is 0. The van der Waals surface area contributed by atoms with Crippen molar-refractivity contribution in [2.24, 2.45) is 0 Å². The number of hydrogen-bond acceptors (Lipinski definition) is 11. The number of nitrogens with zero attached hydrogens (tertiary/aromatic N) is 3. The molecule has 0 N–H and O–H groups in total. The summed E-state index contributed by atoms with van der Waals surface area (Å²) in [6.07, 6.45) is 0. The summed E-state index contributed by atoms with van der Waals surface area (Å²) in [7, 11) is 0. The molecule has 0 saturated heterocycles. The van der Waals surface area contributed by atoms with Gasteiger partial charge in [0.2, 0.25) is 0 Å². The first kappa shape index (κ1) is 29.3. The molecule has 0 aromatic carbocycles. The zero-order valence-electron chi connectivity index (χ0n) is 7.74. The predicted molar refractivity (Wildman–Crippen MR) is 41.8 cm³/mol. The van der Waals surface area contributed by atoms with E-state index in [1.165, 1.54) is 0 Å².